The van der Waals surface area contributed by atoms with Crippen LogP contribution in [0.1, 0.15) is 234 Å². The SMILES string of the molecule is CC(C)CCCCCCCCCCCCC(=O)OC[C@H](COC(=O)CCCCCCCCCC(C)C)OC(=O)CCCCCCCCCC(C)C. The van der Waals surface area contributed by atoms with Crippen LogP contribution in [0.15, 0.2) is 0 Å². The Kier molecular flexibility index (Phi) is 35.6. The van der Waals surface area contributed by atoms with Gasteiger partial charge in [0.25, 0.3) is 0 Å². The predicted molar refractivity (Wildman–Crippen MR) is 215 cm³/mol. The molecule has 0 aliphatic rings. The van der Waals surface area contributed by atoms with Crippen molar-refractivity contribution in [2.45, 2.75) is 240 Å². The molecular weight excluding hydrogens is 636 g/mol. The van der Waals surface area contributed by atoms with Crippen molar-refractivity contribution in [3.05, 3.63) is 0 Å². The third kappa shape index (κ3) is 39.5. The zero-order valence-electron chi connectivity index (χ0n) is 34.9. The van der Waals surface area contributed by atoms with Crippen molar-refractivity contribution < 1.29 is 28.6 Å². The van der Waals surface area contributed by atoms with Crippen molar-refractivity contribution in [3.63, 3.8) is 0 Å². The Morgan fingerprint density at radius 2 is 0.569 bits per heavy atom. The van der Waals surface area contributed by atoms with E-state index in [2.05, 4.69) is 41.5 Å². The van der Waals surface area contributed by atoms with Crippen molar-refractivity contribution in [2.24, 2.45) is 17.8 Å². The summed E-state index contributed by atoms with van der Waals surface area (Å²) >= 11 is 0. The summed E-state index contributed by atoms with van der Waals surface area (Å²) in [5.41, 5.74) is 0. The Morgan fingerprint density at radius 1 is 0.333 bits per heavy atom. The number of rotatable bonds is 38. The second-order valence-electron chi connectivity index (χ2n) is 16.8. The van der Waals surface area contributed by atoms with Crippen LogP contribution >= 0.6 is 0 Å². The molecule has 0 aromatic rings. The molecule has 1 atom stereocenters. The number of hydrogen-bond acceptors (Lipinski definition) is 6. The molecule has 0 bridgehead atoms. The zero-order valence-corrected chi connectivity index (χ0v) is 34.9. The summed E-state index contributed by atoms with van der Waals surface area (Å²) in [7, 11) is 0. The first-order valence-electron chi connectivity index (χ1n) is 22.1. The smallest absolute Gasteiger partial charge is 0.306 e. The third-order valence-corrected chi connectivity index (χ3v) is 9.90. The van der Waals surface area contributed by atoms with Crippen LogP contribution in [0.4, 0.5) is 0 Å². The first-order valence-corrected chi connectivity index (χ1v) is 22.1. The topological polar surface area (TPSA) is 78.9 Å². The maximum atomic E-state index is 12.7. The molecule has 0 unspecified atom stereocenters. The lowest BCUT2D eigenvalue weighted by Gasteiger charge is -2.18. The molecule has 0 spiro atoms. The van der Waals surface area contributed by atoms with Gasteiger partial charge in [-0.15, -0.1) is 0 Å². The first kappa shape index (κ1) is 49.4. The molecule has 51 heavy (non-hydrogen) atoms. The minimum absolute atomic E-state index is 0.0673. The van der Waals surface area contributed by atoms with Crippen LogP contribution in [0.25, 0.3) is 0 Å². The second-order valence-corrected chi connectivity index (χ2v) is 16.8. The Morgan fingerprint density at radius 3 is 0.843 bits per heavy atom. The highest BCUT2D eigenvalue weighted by Gasteiger charge is 2.19. The zero-order chi connectivity index (χ0) is 37.8. The molecule has 0 heterocycles. The summed E-state index contributed by atoms with van der Waals surface area (Å²) < 4.78 is 16.7. The van der Waals surface area contributed by atoms with Crippen molar-refractivity contribution in [1.29, 1.82) is 0 Å². The van der Waals surface area contributed by atoms with Crippen LogP contribution < -0.4 is 0 Å². The number of hydrogen-bond donors (Lipinski definition) is 0. The molecule has 0 fully saturated rings. The Balaban J connectivity index is 4.34. The molecule has 0 saturated heterocycles. The number of ether oxygens (including phenoxy) is 3. The fourth-order valence-electron chi connectivity index (χ4n) is 6.52. The van der Waals surface area contributed by atoms with E-state index in [0.717, 1.165) is 75.5 Å². The van der Waals surface area contributed by atoms with E-state index >= 15 is 0 Å². The van der Waals surface area contributed by atoms with Crippen LogP contribution in [-0.4, -0.2) is 37.2 Å². The average Bonchev–Trinajstić information content (AvgIpc) is 3.07. The Labute approximate surface area is 317 Å². The van der Waals surface area contributed by atoms with Gasteiger partial charge in [0.2, 0.25) is 0 Å². The van der Waals surface area contributed by atoms with E-state index in [1.807, 2.05) is 0 Å². The molecule has 0 aliphatic heterocycles. The molecule has 0 radical (unpaired) electrons. The fourth-order valence-corrected chi connectivity index (χ4v) is 6.52. The molecule has 0 aromatic heterocycles. The van der Waals surface area contributed by atoms with Crippen LogP contribution in [0, 0.1) is 17.8 Å². The van der Waals surface area contributed by atoms with E-state index in [4.69, 9.17) is 14.2 Å². The average molecular weight is 723 g/mol. The van der Waals surface area contributed by atoms with Gasteiger partial charge in [-0.2, -0.15) is 0 Å². The van der Waals surface area contributed by atoms with Crippen LogP contribution in [-0.2, 0) is 28.6 Å². The number of carbonyl (C=O) groups is 3. The van der Waals surface area contributed by atoms with Crippen LogP contribution in [0.3, 0.4) is 0 Å². The molecule has 6 heteroatoms. The molecule has 0 aliphatic carbocycles. The fraction of sp³-hybridized carbons (Fsp3) is 0.933. The van der Waals surface area contributed by atoms with Gasteiger partial charge in [0.15, 0.2) is 6.10 Å². The summed E-state index contributed by atoms with van der Waals surface area (Å²) in [5, 5.41) is 0. The first-order chi connectivity index (χ1) is 24.6. The van der Waals surface area contributed by atoms with E-state index < -0.39 is 6.10 Å². The molecule has 302 valence electrons. The molecule has 6 nitrogen and oxygen atoms in total. The summed E-state index contributed by atoms with van der Waals surface area (Å²) in [5.74, 6) is 1.51. The van der Waals surface area contributed by atoms with Gasteiger partial charge in [-0.1, -0.05) is 196 Å². The lowest BCUT2D eigenvalue weighted by atomic mass is 10.0. The van der Waals surface area contributed by atoms with Crippen molar-refractivity contribution in [3.8, 4) is 0 Å². The summed E-state index contributed by atoms with van der Waals surface area (Å²) in [6, 6.07) is 0. The number of unbranched alkanes of at least 4 members (excludes halogenated alkanes) is 21. The van der Waals surface area contributed by atoms with Crippen LogP contribution in [0.5, 0.6) is 0 Å². The maximum Gasteiger partial charge on any atom is 0.306 e. The van der Waals surface area contributed by atoms with E-state index in [1.54, 1.807) is 0 Å². The highest BCUT2D eigenvalue weighted by atomic mass is 16.6. The molecule has 0 rings (SSSR count). The summed E-state index contributed by atoms with van der Waals surface area (Å²) in [6.45, 7) is 13.6. The van der Waals surface area contributed by atoms with Gasteiger partial charge in [0.05, 0.1) is 0 Å². The van der Waals surface area contributed by atoms with Gasteiger partial charge < -0.3 is 14.2 Å². The second kappa shape index (κ2) is 36.8. The van der Waals surface area contributed by atoms with Gasteiger partial charge in [-0.25, -0.2) is 0 Å². The highest BCUT2D eigenvalue weighted by molar-refractivity contribution is 5.71. The molecule has 0 amide bonds. The molecular formula is C45H86O6. The minimum Gasteiger partial charge on any atom is -0.462 e. The lowest BCUT2D eigenvalue weighted by molar-refractivity contribution is -0.167. The van der Waals surface area contributed by atoms with E-state index in [1.165, 1.54) is 116 Å². The van der Waals surface area contributed by atoms with E-state index in [0.29, 0.717) is 19.3 Å². The quantitative estimate of drug-likeness (QED) is 0.0359. The number of esters is 3. The van der Waals surface area contributed by atoms with Gasteiger partial charge in [-0.05, 0) is 37.0 Å². The van der Waals surface area contributed by atoms with Crippen molar-refractivity contribution in [2.75, 3.05) is 13.2 Å². The molecule has 0 saturated carbocycles. The predicted octanol–water partition coefficient (Wildman–Crippen LogP) is 13.7. The van der Waals surface area contributed by atoms with Gasteiger partial charge >= 0.3 is 17.9 Å². The normalized spacial score (nSPS) is 12.2. The van der Waals surface area contributed by atoms with E-state index in [-0.39, 0.29) is 31.1 Å². The van der Waals surface area contributed by atoms with Gasteiger partial charge in [0.1, 0.15) is 13.2 Å². The van der Waals surface area contributed by atoms with Crippen molar-refractivity contribution >= 4 is 17.9 Å². The highest BCUT2D eigenvalue weighted by Crippen LogP contribution is 2.16. The maximum absolute atomic E-state index is 12.7. The van der Waals surface area contributed by atoms with Gasteiger partial charge in [0, 0.05) is 19.3 Å². The Hall–Kier alpha value is -1.59. The molecule has 0 aromatic carbocycles. The van der Waals surface area contributed by atoms with Gasteiger partial charge in [-0.3, -0.25) is 14.4 Å². The molecule has 0 N–H and O–H groups in total. The number of carbonyl (C=O) groups excluding carboxylic acids is 3. The monoisotopic (exact) mass is 723 g/mol. The lowest BCUT2D eigenvalue weighted by Crippen LogP contribution is -2.30. The van der Waals surface area contributed by atoms with Crippen LogP contribution in [0.2, 0.25) is 0 Å². The Bertz CT molecular complexity index is 792. The third-order valence-electron chi connectivity index (χ3n) is 9.90. The summed E-state index contributed by atoms with van der Waals surface area (Å²) in [6.07, 6.45) is 32.5. The standard InChI is InChI=1S/C45H86O6/c1-39(2)31-25-19-13-9-7-8-10-16-22-28-34-43(46)49-37-42(51-45(48)36-30-24-18-12-15-21-27-33-41(5)6)38-50-44(47)35-29-23-17-11-14-20-26-32-40(3)4/h39-42H,7-38H2,1-6H3/t42-/m1/s1. The van der Waals surface area contributed by atoms with Crippen molar-refractivity contribution in [1.82, 2.24) is 0 Å². The minimum atomic E-state index is -0.762. The summed E-state index contributed by atoms with van der Waals surface area (Å²) in [4.78, 5) is 37.6. The van der Waals surface area contributed by atoms with E-state index in [9.17, 15) is 14.4 Å². The largest absolute Gasteiger partial charge is 0.462 e.